The molecular formula is C26H21Cl2F2NO7. The summed E-state index contributed by atoms with van der Waals surface area (Å²) >= 11 is 12.5. The Balaban J connectivity index is 1.68. The standard InChI is InChI=1S/C26H21Cl2F2NO7/c27-19-11-31(35)12-20(28)18(19)10-22(37-25(34)16-5-3-15(4-6-16)24(32)33)17-7-8-21(38-26(29)30)23(9-17)36-13-14-1-2-14/h3-9,11-12,14,22,26H,1-2,10,13H2,(H,32,33). The largest absolute Gasteiger partial charge is 0.619 e. The first-order valence-corrected chi connectivity index (χ1v) is 12.2. The average Bonchev–Trinajstić information content (AvgIpc) is 3.69. The van der Waals surface area contributed by atoms with Crippen LogP contribution in [-0.4, -0.2) is 30.3 Å². The molecule has 1 unspecified atom stereocenters. The first-order chi connectivity index (χ1) is 18.1. The lowest BCUT2D eigenvalue weighted by molar-refractivity contribution is -0.605. The third kappa shape index (κ3) is 7.02. The van der Waals surface area contributed by atoms with Crippen LogP contribution in [0.4, 0.5) is 8.78 Å². The molecule has 8 nitrogen and oxygen atoms in total. The van der Waals surface area contributed by atoms with Crippen LogP contribution >= 0.6 is 23.2 Å². The fourth-order valence-corrected chi connectivity index (χ4v) is 4.21. The highest BCUT2D eigenvalue weighted by atomic mass is 35.5. The van der Waals surface area contributed by atoms with Crippen molar-refractivity contribution in [2.24, 2.45) is 5.92 Å². The van der Waals surface area contributed by atoms with Crippen LogP contribution < -0.4 is 14.2 Å². The van der Waals surface area contributed by atoms with E-state index >= 15 is 0 Å². The smallest absolute Gasteiger partial charge is 0.387 e. The van der Waals surface area contributed by atoms with Gasteiger partial charge in [-0.1, -0.05) is 29.3 Å². The van der Waals surface area contributed by atoms with Gasteiger partial charge in [0.05, 0.1) is 17.7 Å². The van der Waals surface area contributed by atoms with Crippen molar-refractivity contribution in [1.29, 1.82) is 0 Å². The van der Waals surface area contributed by atoms with Crippen molar-refractivity contribution in [3.63, 3.8) is 0 Å². The molecule has 1 N–H and O–H groups in total. The van der Waals surface area contributed by atoms with E-state index in [9.17, 15) is 23.6 Å². The maximum atomic E-state index is 13.0. The molecule has 1 heterocycles. The van der Waals surface area contributed by atoms with Gasteiger partial charge in [0.15, 0.2) is 23.9 Å². The second kappa shape index (κ2) is 11.8. The third-order valence-electron chi connectivity index (χ3n) is 5.79. The lowest BCUT2D eigenvalue weighted by Crippen LogP contribution is -2.25. The number of hydrogen-bond donors (Lipinski definition) is 1. The van der Waals surface area contributed by atoms with Crippen molar-refractivity contribution >= 4 is 35.1 Å². The predicted molar refractivity (Wildman–Crippen MR) is 132 cm³/mol. The highest BCUT2D eigenvalue weighted by Crippen LogP contribution is 2.38. The number of halogens is 4. The zero-order valence-corrected chi connectivity index (χ0v) is 21.1. The summed E-state index contributed by atoms with van der Waals surface area (Å²) in [4.78, 5) is 24.1. The van der Waals surface area contributed by atoms with E-state index in [0.29, 0.717) is 28.4 Å². The zero-order valence-electron chi connectivity index (χ0n) is 19.6. The Labute approximate surface area is 225 Å². The van der Waals surface area contributed by atoms with Crippen LogP contribution in [-0.2, 0) is 11.2 Å². The number of carboxylic acids is 1. The van der Waals surface area contributed by atoms with Crippen molar-refractivity contribution < 1.29 is 42.4 Å². The van der Waals surface area contributed by atoms with Gasteiger partial charge in [-0.3, -0.25) is 0 Å². The lowest BCUT2D eigenvalue weighted by atomic mass is 10.0. The predicted octanol–water partition coefficient (Wildman–Crippen LogP) is 5.86. The number of ether oxygens (including phenoxy) is 3. The third-order valence-corrected chi connectivity index (χ3v) is 6.44. The van der Waals surface area contributed by atoms with Gasteiger partial charge in [-0.25, -0.2) is 9.59 Å². The van der Waals surface area contributed by atoms with E-state index < -0.39 is 24.7 Å². The van der Waals surface area contributed by atoms with Crippen LogP contribution in [0.3, 0.4) is 0 Å². The zero-order chi connectivity index (χ0) is 27.4. The number of aromatic carboxylic acids is 1. The monoisotopic (exact) mass is 567 g/mol. The van der Waals surface area contributed by atoms with Gasteiger partial charge in [0.2, 0.25) is 0 Å². The van der Waals surface area contributed by atoms with E-state index in [1.165, 1.54) is 42.5 Å². The minimum atomic E-state index is -3.08. The number of pyridine rings is 1. The number of carboxylic acid groups (broad SMARTS) is 1. The Hall–Kier alpha value is -3.63. The fourth-order valence-electron chi connectivity index (χ4n) is 3.61. The maximum Gasteiger partial charge on any atom is 0.387 e. The van der Waals surface area contributed by atoms with E-state index in [-0.39, 0.29) is 39.1 Å². The van der Waals surface area contributed by atoms with E-state index in [1.807, 2.05) is 0 Å². The minimum Gasteiger partial charge on any atom is -0.619 e. The Morgan fingerprint density at radius 2 is 1.66 bits per heavy atom. The number of esters is 1. The number of rotatable bonds is 11. The number of nitrogens with zero attached hydrogens (tertiary/aromatic N) is 1. The molecule has 12 heteroatoms. The number of alkyl halides is 2. The molecule has 0 spiro atoms. The second-order valence-electron chi connectivity index (χ2n) is 8.61. The van der Waals surface area contributed by atoms with E-state index in [4.69, 9.17) is 37.8 Å². The summed E-state index contributed by atoms with van der Waals surface area (Å²) in [6, 6.07) is 9.27. The van der Waals surface area contributed by atoms with Crippen molar-refractivity contribution in [3.8, 4) is 11.5 Å². The molecule has 0 saturated heterocycles. The normalized spacial score (nSPS) is 13.7. The molecule has 4 rings (SSSR count). The van der Waals surface area contributed by atoms with E-state index in [1.54, 1.807) is 0 Å². The van der Waals surface area contributed by atoms with E-state index in [0.717, 1.165) is 25.2 Å². The minimum absolute atomic E-state index is 0.0149. The molecule has 0 radical (unpaired) electrons. The summed E-state index contributed by atoms with van der Waals surface area (Å²) in [5, 5.41) is 20.8. The van der Waals surface area contributed by atoms with Gasteiger partial charge in [0.25, 0.3) is 0 Å². The van der Waals surface area contributed by atoms with Gasteiger partial charge in [-0.2, -0.15) is 13.5 Å². The quantitative estimate of drug-likeness (QED) is 0.176. The highest BCUT2D eigenvalue weighted by Gasteiger charge is 2.26. The van der Waals surface area contributed by atoms with Crippen molar-refractivity contribution in [1.82, 2.24) is 0 Å². The molecule has 0 aliphatic heterocycles. The Morgan fingerprint density at radius 3 is 2.24 bits per heavy atom. The van der Waals surface area contributed by atoms with E-state index in [2.05, 4.69) is 4.74 Å². The van der Waals surface area contributed by atoms with Crippen molar-refractivity contribution in [3.05, 3.63) is 92.4 Å². The summed E-state index contributed by atoms with van der Waals surface area (Å²) in [6.07, 6.45) is 3.00. The number of aromatic nitrogens is 1. The van der Waals surface area contributed by atoms with Gasteiger partial charge in [0.1, 0.15) is 16.1 Å². The SMILES string of the molecule is O=C(O)c1ccc(C(=O)OC(Cc2c(Cl)c[n+]([O-])cc2Cl)c2ccc(OC(F)F)c(OCC3CC3)c2)cc1. The molecule has 1 fully saturated rings. The molecule has 3 aromatic rings. The maximum absolute atomic E-state index is 13.0. The molecule has 2 aromatic carbocycles. The van der Waals surface area contributed by atoms with Crippen molar-refractivity contribution in [2.75, 3.05) is 6.61 Å². The number of carbonyl (C=O) groups is 2. The Kier molecular flexibility index (Phi) is 8.53. The van der Waals surface area contributed by atoms with Gasteiger partial charge >= 0.3 is 18.6 Å². The first-order valence-electron chi connectivity index (χ1n) is 11.4. The molecule has 0 bridgehead atoms. The molecule has 1 aliphatic rings. The van der Waals surface area contributed by atoms with Crippen LogP contribution in [0.5, 0.6) is 11.5 Å². The van der Waals surface area contributed by atoms with Crippen LogP contribution in [0.15, 0.2) is 54.9 Å². The second-order valence-corrected chi connectivity index (χ2v) is 9.43. The number of carbonyl (C=O) groups excluding carboxylic acids is 1. The Morgan fingerprint density at radius 1 is 1.03 bits per heavy atom. The summed E-state index contributed by atoms with van der Waals surface area (Å²) < 4.78 is 42.5. The van der Waals surface area contributed by atoms with Crippen LogP contribution in [0.25, 0.3) is 0 Å². The first kappa shape index (κ1) is 27.4. The summed E-state index contributed by atoms with van der Waals surface area (Å²) in [7, 11) is 0. The molecule has 1 atom stereocenters. The summed E-state index contributed by atoms with van der Waals surface area (Å²) in [6.45, 7) is -2.77. The summed E-state index contributed by atoms with van der Waals surface area (Å²) in [5.74, 6) is -1.76. The lowest BCUT2D eigenvalue weighted by Gasteiger charge is -2.21. The number of benzene rings is 2. The van der Waals surface area contributed by atoms with Crippen LogP contribution in [0, 0.1) is 11.1 Å². The molecule has 1 aliphatic carbocycles. The van der Waals surface area contributed by atoms with Gasteiger partial charge in [-0.15, -0.1) is 0 Å². The highest BCUT2D eigenvalue weighted by molar-refractivity contribution is 6.35. The number of hydrogen-bond acceptors (Lipinski definition) is 6. The molecular weight excluding hydrogens is 547 g/mol. The topological polar surface area (TPSA) is 109 Å². The van der Waals surface area contributed by atoms with Crippen LogP contribution in [0.1, 0.15) is 50.8 Å². The van der Waals surface area contributed by atoms with Gasteiger partial charge in [-0.05, 0) is 60.7 Å². The van der Waals surface area contributed by atoms with Crippen LogP contribution in [0.2, 0.25) is 10.0 Å². The molecule has 200 valence electrons. The van der Waals surface area contributed by atoms with Crippen molar-refractivity contribution in [2.45, 2.75) is 32.0 Å². The Bertz CT molecular complexity index is 1310. The van der Waals surface area contributed by atoms with Gasteiger partial charge < -0.3 is 24.5 Å². The fraction of sp³-hybridized carbons (Fsp3) is 0.269. The molecule has 1 saturated carbocycles. The molecule has 38 heavy (non-hydrogen) atoms. The molecule has 0 amide bonds. The average molecular weight is 568 g/mol. The molecule has 1 aromatic heterocycles. The summed E-state index contributed by atoms with van der Waals surface area (Å²) in [5.41, 5.74) is 0.733. The van der Waals surface area contributed by atoms with Gasteiger partial charge in [0, 0.05) is 12.0 Å².